The fourth-order valence-corrected chi connectivity index (χ4v) is 2.31. The number of hydrogen-bond donors (Lipinski definition) is 1. The minimum Gasteiger partial charge on any atom is -0.481 e. The zero-order chi connectivity index (χ0) is 8.32. The van der Waals surface area contributed by atoms with Crippen LogP contribution in [0.25, 0.3) is 0 Å². The van der Waals surface area contributed by atoms with Crippen LogP contribution in [0.3, 0.4) is 0 Å². The third kappa shape index (κ3) is 2.63. The standard InChI is InChI=1S/C7H14O3Si/c8-6(9)5-7(11)3-1-2-4-10-7/h1-5H2,11H3,(H,8,9). The molecule has 1 saturated heterocycles. The van der Waals surface area contributed by atoms with Crippen molar-refractivity contribution in [1.82, 2.24) is 0 Å². The molecule has 0 aromatic rings. The van der Waals surface area contributed by atoms with Gasteiger partial charge in [0.25, 0.3) is 0 Å². The Balaban J connectivity index is 2.43. The van der Waals surface area contributed by atoms with Crippen molar-refractivity contribution in [2.45, 2.75) is 30.9 Å². The molecule has 0 aromatic heterocycles. The Morgan fingerprint density at radius 1 is 1.64 bits per heavy atom. The van der Waals surface area contributed by atoms with Crippen LogP contribution in [0, 0.1) is 0 Å². The van der Waals surface area contributed by atoms with E-state index in [1.165, 1.54) is 0 Å². The molecule has 1 fully saturated rings. The van der Waals surface area contributed by atoms with E-state index in [9.17, 15) is 4.79 Å². The van der Waals surface area contributed by atoms with Crippen molar-refractivity contribution >= 4 is 16.2 Å². The molecule has 0 bridgehead atoms. The predicted molar refractivity (Wildman–Crippen MR) is 44.7 cm³/mol. The van der Waals surface area contributed by atoms with Gasteiger partial charge in [0.05, 0.1) is 11.6 Å². The monoisotopic (exact) mass is 174 g/mol. The van der Waals surface area contributed by atoms with E-state index in [2.05, 4.69) is 0 Å². The minimum atomic E-state index is -0.734. The second kappa shape index (κ2) is 3.36. The maximum atomic E-state index is 10.4. The first kappa shape index (κ1) is 8.74. The zero-order valence-electron chi connectivity index (χ0n) is 6.80. The second-order valence-corrected chi connectivity index (χ2v) is 5.15. The number of hydrogen-bond acceptors (Lipinski definition) is 2. The Kier molecular flexibility index (Phi) is 2.67. The lowest BCUT2D eigenvalue weighted by Gasteiger charge is -2.32. The fraction of sp³-hybridized carbons (Fsp3) is 0.857. The Morgan fingerprint density at radius 3 is 2.82 bits per heavy atom. The Hall–Kier alpha value is -0.353. The van der Waals surface area contributed by atoms with Crippen LogP contribution in [-0.2, 0) is 9.53 Å². The van der Waals surface area contributed by atoms with Gasteiger partial charge in [-0.05, 0) is 19.3 Å². The van der Waals surface area contributed by atoms with Gasteiger partial charge in [-0.2, -0.15) is 0 Å². The van der Waals surface area contributed by atoms with Crippen LogP contribution < -0.4 is 0 Å². The number of ether oxygens (including phenoxy) is 1. The van der Waals surface area contributed by atoms with Crippen LogP contribution in [0.4, 0.5) is 0 Å². The molecule has 11 heavy (non-hydrogen) atoms. The zero-order valence-corrected chi connectivity index (χ0v) is 8.80. The molecule has 1 N–H and O–H groups in total. The fourth-order valence-electron chi connectivity index (χ4n) is 1.45. The SMILES string of the molecule is O=C(O)CC1([SiH3])CCCCO1. The van der Waals surface area contributed by atoms with E-state index in [0.29, 0.717) is 0 Å². The van der Waals surface area contributed by atoms with Gasteiger partial charge < -0.3 is 9.84 Å². The third-order valence-electron chi connectivity index (χ3n) is 2.08. The summed E-state index contributed by atoms with van der Waals surface area (Å²) in [7, 11) is 0.825. The molecule has 0 amide bonds. The van der Waals surface area contributed by atoms with E-state index >= 15 is 0 Å². The molecule has 1 aliphatic rings. The molecule has 1 unspecified atom stereocenters. The second-order valence-electron chi connectivity index (χ2n) is 3.33. The summed E-state index contributed by atoms with van der Waals surface area (Å²) in [6, 6.07) is 0. The molecule has 0 spiro atoms. The quantitative estimate of drug-likeness (QED) is 0.586. The average molecular weight is 174 g/mol. The molecule has 4 heteroatoms. The molecule has 3 nitrogen and oxygen atoms in total. The van der Waals surface area contributed by atoms with Gasteiger partial charge >= 0.3 is 5.97 Å². The molecular weight excluding hydrogens is 160 g/mol. The highest BCUT2D eigenvalue weighted by molar-refractivity contribution is 6.15. The topological polar surface area (TPSA) is 46.5 Å². The van der Waals surface area contributed by atoms with E-state index in [-0.39, 0.29) is 11.6 Å². The maximum absolute atomic E-state index is 10.4. The third-order valence-corrected chi connectivity index (χ3v) is 3.22. The van der Waals surface area contributed by atoms with Gasteiger partial charge in [-0.1, -0.05) is 0 Å². The molecule has 0 aliphatic carbocycles. The number of aliphatic carboxylic acids is 1. The van der Waals surface area contributed by atoms with Crippen LogP contribution in [0.15, 0.2) is 0 Å². The highest BCUT2D eigenvalue weighted by Crippen LogP contribution is 2.24. The number of carboxylic acid groups (broad SMARTS) is 1. The number of carboxylic acids is 1. The average Bonchev–Trinajstić information content (AvgIpc) is 1.85. The Labute approximate surface area is 69.2 Å². The molecule has 1 atom stereocenters. The lowest BCUT2D eigenvalue weighted by molar-refractivity contribution is -0.143. The highest BCUT2D eigenvalue weighted by atomic mass is 28.1. The van der Waals surface area contributed by atoms with Crippen LogP contribution in [-0.4, -0.2) is 33.1 Å². The van der Waals surface area contributed by atoms with E-state index in [0.717, 1.165) is 36.1 Å². The van der Waals surface area contributed by atoms with Crippen molar-refractivity contribution in [2.75, 3.05) is 6.61 Å². The normalized spacial score (nSPS) is 32.0. The summed E-state index contributed by atoms with van der Waals surface area (Å²) >= 11 is 0. The first-order chi connectivity index (χ1) is 5.12. The first-order valence-electron chi connectivity index (χ1n) is 3.98. The van der Waals surface area contributed by atoms with Crippen LogP contribution >= 0.6 is 0 Å². The van der Waals surface area contributed by atoms with Gasteiger partial charge in [0.2, 0.25) is 0 Å². The summed E-state index contributed by atoms with van der Waals surface area (Å²) in [5.74, 6) is -0.734. The summed E-state index contributed by atoms with van der Waals surface area (Å²) in [5, 5.41) is 8.31. The van der Waals surface area contributed by atoms with Crippen LogP contribution in [0.1, 0.15) is 25.7 Å². The molecule has 1 heterocycles. The molecule has 0 aromatic carbocycles. The van der Waals surface area contributed by atoms with Crippen molar-refractivity contribution in [3.63, 3.8) is 0 Å². The van der Waals surface area contributed by atoms with Crippen molar-refractivity contribution in [3.05, 3.63) is 0 Å². The van der Waals surface area contributed by atoms with Gasteiger partial charge in [-0.15, -0.1) is 0 Å². The highest BCUT2D eigenvalue weighted by Gasteiger charge is 2.29. The van der Waals surface area contributed by atoms with E-state index in [1.54, 1.807) is 0 Å². The number of rotatable bonds is 2. The van der Waals surface area contributed by atoms with Crippen molar-refractivity contribution in [1.29, 1.82) is 0 Å². The summed E-state index contributed by atoms with van der Waals surface area (Å²) in [5.41, 5.74) is 0. The lowest BCUT2D eigenvalue weighted by atomic mass is 10.1. The van der Waals surface area contributed by atoms with Crippen LogP contribution in [0.5, 0.6) is 0 Å². The van der Waals surface area contributed by atoms with Gasteiger partial charge in [-0.3, -0.25) is 4.79 Å². The van der Waals surface area contributed by atoms with Gasteiger partial charge in [0.1, 0.15) is 0 Å². The number of carbonyl (C=O) groups is 1. The molecular formula is C7H14O3Si. The van der Waals surface area contributed by atoms with Crippen molar-refractivity contribution in [2.24, 2.45) is 0 Å². The summed E-state index contributed by atoms with van der Waals surface area (Å²) in [6.45, 7) is 0.747. The largest absolute Gasteiger partial charge is 0.481 e. The summed E-state index contributed by atoms with van der Waals surface area (Å²) < 4.78 is 5.46. The molecule has 0 saturated carbocycles. The van der Waals surface area contributed by atoms with Gasteiger partial charge in [-0.25, -0.2) is 0 Å². The first-order valence-corrected chi connectivity index (χ1v) is 4.98. The molecule has 0 radical (unpaired) electrons. The summed E-state index contributed by atoms with van der Waals surface area (Å²) in [6.07, 6.45) is 3.34. The minimum absolute atomic E-state index is 0.194. The molecule has 1 rings (SSSR count). The Bertz CT molecular complexity index is 152. The maximum Gasteiger partial charge on any atom is 0.305 e. The van der Waals surface area contributed by atoms with Crippen molar-refractivity contribution in [3.8, 4) is 0 Å². The molecule has 64 valence electrons. The Morgan fingerprint density at radius 2 is 2.36 bits per heavy atom. The predicted octanol–water partition coefficient (Wildman–Crippen LogP) is -0.277. The lowest BCUT2D eigenvalue weighted by Crippen LogP contribution is -2.38. The van der Waals surface area contributed by atoms with Gasteiger partial charge in [0.15, 0.2) is 0 Å². The van der Waals surface area contributed by atoms with Crippen molar-refractivity contribution < 1.29 is 14.6 Å². The van der Waals surface area contributed by atoms with E-state index < -0.39 is 5.97 Å². The summed E-state index contributed by atoms with van der Waals surface area (Å²) in [4.78, 5) is 10.4. The smallest absolute Gasteiger partial charge is 0.305 e. The molecule has 1 aliphatic heterocycles. The van der Waals surface area contributed by atoms with E-state index in [4.69, 9.17) is 9.84 Å². The van der Waals surface area contributed by atoms with E-state index in [1.807, 2.05) is 0 Å². The van der Waals surface area contributed by atoms with Gasteiger partial charge in [0, 0.05) is 16.8 Å². The van der Waals surface area contributed by atoms with Crippen LogP contribution in [0.2, 0.25) is 0 Å².